The minimum atomic E-state index is -0.792. The molecular weight excluding hydrogens is 368 g/mol. The maximum absolute atomic E-state index is 13.6. The molecule has 4 rings (SSSR count). The van der Waals surface area contributed by atoms with Gasteiger partial charge in [0.25, 0.3) is 0 Å². The summed E-state index contributed by atoms with van der Waals surface area (Å²) in [5.74, 6) is 0.524. The van der Waals surface area contributed by atoms with Gasteiger partial charge in [-0.3, -0.25) is 19.2 Å². The van der Waals surface area contributed by atoms with Crippen LogP contribution in [0.15, 0.2) is 0 Å². The minimum absolute atomic E-state index is 0.0659. The van der Waals surface area contributed by atoms with Crippen molar-refractivity contribution >= 4 is 23.3 Å². The molecule has 0 bridgehead atoms. The first-order valence-electron chi connectivity index (χ1n) is 11.4. The third kappa shape index (κ3) is 3.02. The highest BCUT2D eigenvalue weighted by molar-refractivity contribution is 5.93. The molecule has 0 aromatic heterocycles. The molecule has 1 unspecified atom stereocenters. The van der Waals surface area contributed by atoms with Crippen LogP contribution in [0, 0.1) is 46.3 Å². The maximum Gasteiger partial charge on any atom is 0.303 e. The number of aliphatic carboxylic acids is 1. The van der Waals surface area contributed by atoms with Crippen LogP contribution < -0.4 is 0 Å². The smallest absolute Gasteiger partial charge is 0.303 e. The van der Waals surface area contributed by atoms with Crippen molar-refractivity contribution in [2.45, 2.75) is 78.6 Å². The Kier molecular flexibility index (Phi) is 5.02. The minimum Gasteiger partial charge on any atom is -0.481 e. The molecule has 4 aliphatic carbocycles. The van der Waals surface area contributed by atoms with Crippen molar-refractivity contribution in [3.05, 3.63) is 0 Å². The molecule has 0 aromatic rings. The standard InChI is InChI=1S/C24H34O5/c1-13(4-7-21(28)29)16-5-6-17-22-18(12-20(27)24(16,17)3)23(2)9-8-15(25)10-14(23)11-19(22)26/h13-14,16-18,22H,4-12H2,1-3H3,(H,28,29)/t13-,14+,16?,17+,18+,22+,23+,24-/m1/s1. The van der Waals surface area contributed by atoms with Crippen LogP contribution >= 0.6 is 0 Å². The van der Waals surface area contributed by atoms with Gasteiger partial charge >= 0.3 is 5.97 Å². The summed E-state index contributed by atoms with van der Waals surface area (Å²) in [4.78, 5) is 50.0. The largest absolute Gasteiger partial charge is 0.481 e. The fourth-order valence-corrected chi connectivity index (χ4v) is 7.94. The van der Waals surface area contributed by atoms with E-state index < -0.39 is 11.4 Å². The second kappa shape index (κ2) is 7.02. The van der Waals surface area contributed by atoms with Gasteiger partial charge in [0.1, 0.15) is 17.3 Å². The van der Waals surface area contributed by atoms with E-state index in [0.29, 0.717) is 32.1 Å². The molecule has 29 heavy (non-hydrogen) atoms. The predicted molar refractivity (Wildman–Crippen MR) is 107 cm³/mol. The Labute approximate surface area is 173 Å². The molecule has 0 aromatic carbocycles. The van der Waals surface area contributed by atoms with Crippen LogP contribution in [-0.4, -0.2) is 28.4 Å². The zero-order valence-corrected chi connectivity index (χ0v) is 17.9. The molecule has 0 saturated heterocycles. The van der Waals surface area contributed by atoms with E-state index >= 15 is 0 Å². The maximum atomic E-state index is 13.6. The van der Waals surface area contributed by atoms with Gasteiger partial charge in [-0.1, -0.05) is 20.8 Å². The highest BCUT2D eigenvalue weighted by atomic mass is 16.4. The normalized spacial score (nSPS) is 45.3. The lowest BCUT2D eigenvalue weighted by Crippen LogP contribution is -2.60. The molecule has 0 spiro atoms. The monoisotopic (exact) mass is 402 g/mol. The Balaban J connectivity index is 1.63. The van der Waals surface area contributed by atoms with E-state index in [4.69, 9.17) is 5.11 Å². The zero-order chi connectivity index (χ0) is 21.1. The number of rotatable bonds is 4. The molecule has 5 nitrogen and oxygen atoms in total. The first kappa shape index (κ1) is 20.7. The number of hydrogen-bond donors (Lipinski definition) is 1. The molecular formula is C24H34O5. The summed E-state index contributed by atoms with van der Waals surface area (Å²) >= 11 is 0. The van der Waals surface area contributed by atoms with Crippen LogP contribution in [0.4, 0.5) is 0 Å². The predicted octanol–water partition coefficient (Wildman–Crippen LogP) is 4.07. The average Bonchev–Trinajstić information content (AvgIpc) is 3.01. The van der Waals surface area contributed by atoms with E-state index in [1.165, 1.54) is 0 Å². The lowest BCUT2D eigenvalue weighted by molar-refractivity contribution is -0.166. The molecule has 0 amide bonds. The second-order valence-electron chi connectivity index (χ2n) is 10.9. The fourth-order valence-electron chi connectivity index (χ4n) is 7.94. The molecule has 4 fully saturated rings. The van der Waals surface area contributed by atoms with E-state index in [2.05, 4.69) is 20.8 Å². The van der Waals surface area contributed by atoms with Gasteiger partial charge in [0.2, 0.25) is 0 Å². The summed E-state index contributed by atoms with van der Waals surface area (Å²) < 4.78 is 0. The van der Waals surface area contributed by atoms with E-state index in [9.17, 15) is 19.2 Å². The molecule has 160 valence electrons. The van der Waals surface area contributed by atoms with E-state index in [-0.39, 0.29) is 64.7 Å². The number of fused-ring (bicyclic) bond motifs is 5. The van der Waals surface area contributed by atoms with Crippen LogP contribution in [0.5, 0.6) is 0 Å². The van der Waals surface area contributed by atoms with Gasteiger partial charge in [-0.25, -0.2) is 0 Å². The van der Waals surface area contributed by atoms with Crippen LogP contribution in [0.2, 0.25) is 0 Å². The summed E-state index contributed by atoms with van der Waals surface area (Å²) in [6.45, 7) is 6.37. The summed E-state index contributed by atoms with van der Waals surface area (Å²) in [6, 6.07) is 0. The van der Waals surface area contributed by atoms with Crippen molar-refractivity contribution in [3.63, 3.8) is 0 Å². The van der Waals surface area contributed by atoms with Crippen LogP contribution in [0.3, 0.4) is 0 Å². The molecule has 0 aliphatic heterocycles. The summed E-state index contributed by atoms with van der Waals surface area (Å²) in [7, 11) is 0. The third-order valence-corrected chi connectivity index (χ3v) is 9.72. The molecule has 8 atom stereocenters. The van der Waals surface area contributed by atoms with Gasteiger partial charge in [0, 0.05) is 43.4 Å². The lowest BCUT2D eigenvalue weighted by Gasteiger charge is -2.58. The Bertz CT molecular complexity index is 756. The lowest BCUT2D eigenvalue weighted by atomic mass is 9.44. The van der Waals surface area contributed by atoms with Crippen molar-refractivity contribution in [2.24, 2.45) is 46.3 Å². The van der Waals surface area contributed by atoms with Crippen molar-refractivity contribution in [2.75, 3.05) is 0 Å². The molecule has 5 heteroatoms. The van der Waals surface area contributed by atoms with Crippen LogP contribution in [0.25, 0.3) is 0 Å². The van der Waals surface area contributed by atoms with E-state index in [1.807, 2.05) is 0 Å². The Morgan fingerprint density at radius 1 is 1.10 bits per heavy atom. The third-order valence-electron chi connectivity index (χ3n) is 9.72. The Morgan fingerprint density at radius 2 is 1.83 bits per heavy atom. The number of carbonyl (C=O) groups excluding carboxylic acids is 3. The molecule has 0 heterocycles. The molecule has 0 radical (unpaired) electrons. The average molecular weight is 403 g/mol. The van der Waals surface area contributed by atoms with Crippen LogP contribution in [0.1, 0.15) is 78.6 Å². The quantitative estimate of drug-likeness (QED) is 0.766. The van der Waals surface area contributed by atoms with Crippen LogP contribution in [-0.2, 0) is 19.2 Å². The van der Waals surface area contributed by atoms with Gasteiger partial charge in [0.05, 0.1) is 0 Å². The Morgan fingerprint density at radius 3 is 2.52 bits per heavy atom. The molecule has 4 saturated carbocycles. The van der Waals surface area contributed by atoms with Crippen molar-refractivity contribution in [1.29, 1.82) is 0 Å². The first-order chi connectivity index (χ1) is 13.6. The second-order valence-corrected chi connectivity index (χ2v) is 10.9. The van der Waals surface area contributed by atoms with Gasteiger partial charge in [-0.05, 0) is 60.7 Å². The SMILES string of the molecule is C[C@H](CCC(=O)O)C1CC[C@H]2[C@@H]3C(=O)C[C@@H]4CC(=O)CC[C@]4(C)[C@H]3CC(=O)[C@]12C. The highest BCUT2D eigenvalue weighted by Crippen LogP contribution is 2.66. The van der Waals surface area contributed by atoms with Gasteiger partial charge < -0.3 is 5.11 Å². The first-order valence-corrected chi connectivity index (χ1v) is 11.4. The Hall–Kier alpha value is -1.52. The summed E-state index contributed by atoms with van der Waals surface area (Å²) in [6.07, 6.45) is 5.33. The van der Waals surface area contributed by atoms with Gasteiger partial charge in [0.15, 0.2) is 0 Å². The van der Waals surface area contributed by atoms with Crippen molar-refractivity contribution in [1.82, 2.24) is 0 Å². The van der Waals surface area contributed by atoms with Crippen molar-refractivity contribution in [3.8, 4) is 0 Å². The van der Waals surface area contributed by atoms with E-state index in [0.717, 1.165) is 19.3 Å². The number of Topliss-reactive ketones (excluding diaryl/α,β-unsaturated/α-hetero) is 3. The van der Waals surface area contributed by atoms with Gasteiger partial charge in [-0.2, -0.15) is 0 Å². The molecule has 1 N–H and O–H groups in total. The van der Waals surface area contributed by atoms with E-state index in [1.54, 1.807) is 0 Å². The highest BCUT2D eigenvalue weighted by Gasteiger charge is 2.66. The van der Waals surface area contributed by atoms with Crippen molar-refractivity contribution < 1.29 is 24.3 Å². The number of carboxylic acid groups (broad SMARTS) is 1. The van der Waals surface area contributed by atoms with Gasteiger partial charge in [-0.15, -0.1) is 0 Å². The summed E-state index contributed by atoms with van der Waals surface area (Å²) in [5.41, 5.74) is -0.598. The number of carboxylic acids is 1. The fraction of sp³-hybridized carbons (Fsp3) is 0.833. The molecule has 4 aliphatic rings. The summed E-state index contributed by atoms with van der Waals surface area (Å²) in [5, 5.41) is 9.06. The zero-order valence-electron chi connectivity index (χ0n) is 17.9. The topological polar surface area (TPSA) is 88.5 Å². The number of ketones is 3. The number of carbonyl (C=O) groups is 4. The number of hydrogen-bond acceptors (Lipinski definition) is 4.